The molecule has 3 aromatic carbocycles. The van der Waals surface area contributed by atoms with E-state index in [0.29, 0.717) is 6.61 Å². The van der Waals surface area contributed by atoms with Crippen molar-refractivity contribution in [3.05, 3.63) is 108 Å². The Balaban J connectivity index is 1.97. The minimum Gasteiger partial charge on any atom is -0.417 e. The first-order valence-electron chi connectivity index (χ1n) is 15.7. The van der Waals surface area contributed by atoms with Gasteiger partial charge in [-0.25, -0.2) is 0 Å². The molecule has 1 unspecified atom stereocenters. The van der Waals surface area contributed by atoms with Gasteiger partial charge in [-0.2, -0.15) is 0 Å². The zero-order valence-electron chi connectivity index (χ0n) is 28.0. The topological polar surface area (TPSA) is 27.7 Å². The van der Waals surface area contributed by atoms with Crippen LogP contribution in [0.1, 0.15) is 77.5 Å². The van der Waals surface area contributed by atoms with Crippen LogP contribution < -0.4 is 0 Å². The summed E-state index contributed by atoms with van der Waals surface area (Å²) in [4.78, 5) is 0. The summed E-state index contributed by atoms with van der Waals surface area (Å²) < 4.78 is 20.8. The van der Waals surface area contributed by atoms with Crippen LogP contribution in [0, 0.1) is 0 Å². The van der Waals surface area contributed by atoms with Gasteiger partial charge in [0, 0.05) is 6.61 Å². The van der Waals surface area contributed by atoms with E-state index in [9.17, 15) is 0 Å². The van der Waals surface area contributed by atoms with Gasteiger partial charge in [0.15, 0.2) is 16.6 Å². The van der Waals surface area contributed by atoms with Crippen LogP contribution in [0.15, 0.2) is 91.0 Å². The van der Waals surface area contributed by atoms with Gasteiger partial charge in [-0.3, -0.25) is 0 Å². The Bertz CT molecular complexity index is 1100. The van der Waals surface area contributed by atoms with Gasteiger partial charge in [0.1, 0.15) is 5.60 Å². The molecule has 42 heavy (non-hydrogen) atoms. The van der Waals surface area contributed by atoms with E-state index in [0.717, 1.165) is 42.6 Å². The molecule has 0 amide bonds. The van der Waals surface area contributed by atoms with Crippen LogP contribution in [0.3, 0.4) is 0 Å². The highest BCUT2D eigenvalue weighted by molar-refractivity contribution is 6.74. The molecule has 0 aliphatic heterocycles. The zero-order chi connectivity index (χ0) is 31.1. The normalized spacial score (nSPS) is 14.1. The number of hydrogen-bond donors (Lipinski definition) is 0. The molecule has 5 heteroatoms. The standard InChI is InChI=1S/C37H56O3Si2/c1-35(2,3)41(7,8)38-29-21-20-28-34(30-39-42(9,10)36(4,5)6)40-37(31-22-14-11-15-23-31,32-24-16-12-17-25-32)33-26-18-13-19-27-33/h11-19,22-27,34H,20-21,28-30H2,1-10H3. The highest BCUT2D eigenvalue weighted by Crippen LogP contribution is 2.43. The van der Waals surface area contributed by atoms with Gasteiger partial charge in [0.25, 0.3) is 0 Å². The summed E-state index contributed by atoms with van der Waals surface area (Å²) in [6, 6.07) is 32.0. The monoisotopic (exact) mass is 604 g/mol. The Labute approximate surface area is 259 Å². The van der Waals surface area contributed by atoms with Crippen LogP contribution in [0.4, 0.5) is 0 Å². The van der Waals surface area contributed by atoms with Crippen molar-refractivity contribution in [1.29, 1.82) is 0 Å². The van der Waals surface area contributed by atoms with Crippen LogP contribution in [0.5, 0.6) is 0 Å². The predicted molar refractivity (Wildman–Crippen MR) is 184 cm³/mol. The van der Waals surface area contributed by atoms with Crippen molar-refractivity contribution >= 4 is 16.6 Å². The van der Waals surface area contributed by atoms with Crippen LogP contribution in [-0.4, -0.2) is 36.0 Å². The van der Waals surface area contributed by atoms with Gasteiger partial charge in [-0.1, -0.05) is 133 Å². The molecule has 0 N–H and O–H groups in total. The molecular formula is C37H56O3Si2. The number of benzene rings is 3. The van der Waals surface area contributed by atoms with Gasteiger partial charge >= 0.3 is 0 Å². The maximum absolute atomic E-state index is 7.47. The number of unbranched alkanes of at least 4 members (excludes halogenated alkanes) is 1. The molecule has 0 spiro atoms. The van der Waals surface area contributed by atoms with E-state index in [2.05, 4.69) is 159 Å². The van der Waals surface area contributed by atoms with Gasteiger partial charge in [-0.15, -0.1) is 0 Å². The summed E-state index contributed by atoms with van der Waals surface area (Å²) in [5.74, 6) is 0. The Morgan fingerprint density at radius 1 is 0.548 bits per heavy atom. The Morgan fingerprint density at radius 3 is 1.31 bits per heavy atom. The molecule has 3 nitrogen and oxygen atoms in total. The molecule has 0 aliphatic rings. The third-order valence-corrected chi connectivity index (χ3v) is 18.5. The maximum Gasteiger partial charge on any atom is 0.192 e. The van der Waals surface area contributed by atoms with Crippen molar-refractivity contribution in [2.24, 2.45) is 0 Å². The molecule has 230 valence electrons. The summed E-state index contributed by atoms with van der Waals surface area (Å²) in [6.07, 6.45) is 2.85. The van der Waals surface area contributed by atoms with E-state index in [1.165, 1.54) is 0 Å². The quantitative estimate of drug-likeness (QED) is 0.104. The smallest absolute Gasteiger partial charge is 0.192 e. The lowest BCUT2D eigenvalue weighted by Crippen LogP contribution is -2.45. The first-order chi connectivity index (χ1) is 19.6. The summed E-state index contributed by atoms with van der Waals surface area (Å²) in [6.45, 7) is 24.5. The van der Waals surface area contributed by atoms with E-state index in [4.69, 9.17) is 13.6 Å². The van der Waals surface area contributed by atoms with Crippen molar-refractivity contribution in [2.75, 3.05) is 13.2 Å². The van der Waals surface area contributed by atoms with Gasteiger partial charge in [0.2, 0.25) is 0 Å². The van der Waals surface area contributed by atoms with Crippen LogP contribution in [0.2, 0.25) is 36.3 Å². The average Bonchev–Trinajstić information content (AvgIpc) is 2.94. The third kappa shape index (κ3) is 8.54. The third-order valence-electron chi connectivity index (χ3n) is 9.51. The number of hydrogen-bond acceptors (Lipinski definition) is 3. The molecule has 0 bridgehead atoms. The fourth-order valence-electron chi connectivity index (χ4n) is 4.68. The molecule has 0 saturated carbocycles. The first kappa shape index (κ1) is 34.5. The van der Waals surface area contributed by atoms with E-state index in [1.54, 1.807) is 0 Å². The van der Waals surface area contributed by atoms with Crippen molar-refractivity contribution < 1.29 is 13.6 Å². The van der Waals surface area contributed by atoms with E-state index < -0.39 is 22.2 Å². The molecular weight excluding hydrogens is 549 g/mol. The predicted octanol–water partition coefficient (Wildman–Crippen LogP) is 10.6. The molecule has 0 heterocycles. The maximum atomic E-state index is 7.47. The summed E-state index contributed by atoms with van der Waals surface area (Å²) in [7, 11) is -3.74. The molecule has 0 radical (unpaired) electrons. The zero-order valence-corrected chi connectivity index (χ0v) is 30.0. The van der Waals surface area contributed by atoms with Crippen molar-refractivity contribution in [3.63, 3.8) is 0 Å². The van der Waals surface area contributed by atoms with Crippen molar-refractivity contribution in [1.82, 2.24) is 0 Å². The van der Waals surface area contributed by atoms with Crippen LogP contribution in [0.25, 0.3) is 0 Å². The number of ether oxygens (including phenoxy) is 1. The molecule has 0 saturated heterocycles. The molecule has 0 aliphatic carbocycles. The highest BCUT2D eigenvalue weighted by atomic mass is 28.4. The van der Waals surface area contributed by atoms with Crippen molar-refractivity contribution in [2.45, 2.75) is 109 Å². The second-order valence-corrected chi connectivity index (χ2v) is 24.3. The van der Waals surface area contributed by atoms with E-state index in [-0.39, 0.29) is 16.2 Å². The Hall–Kier alpha value is -2.03. The average molecular weight is 605 g/mol. The first-order valence-corrected chi connectivity index (χ1v) is 21.5. The van der Waals surface area contributed by atoms with Crippen molar-refractivity contribution in [3.8, 4) is 0 Å². The van der Waals surface area contributed by atoms with Gasteiger partial charge in [0.05, 0.1) is 12.7 Å². The minimum absolute atomic E-state index is 0.0902. The van der Waals surface area contributed by atoms with Crippen LogP contribution >= 0.6 is 0 Å². The fourth-order valence-corrected chi connectivity index (χ4v) is 6.81. The SMILES string of the molecule is CC(C)(C)[Si](C)(C)OCCCCC(CO[Si](C)(C)C(C)(C)C)OC(c1ccccc1)(c1ccccc1)c1ccccc1. The second kappa shape index (κ2) is 14.2. The summed E-state index contributed by atoms with van der Waals surface area (Å²) in [5.41, 5.74) is 2.62. The molecule has 3 aromatic rings. The van der Waals surface area contributed by atoms with Gasteiger partial charge in [-0.05, 0) is 72.2 Å². The second-order valence-electron chi connectivity index (χ2n) is 14.7. The largest absolute Gasteiger partial charge is 0.417 e. The lowest BCUT2D eigenvalue weighted by molar-refractivity contribution is -0.0714. The minimum atomic E-state index is -1.98. The van der Waals surface area contributed by atoms with E-state index >= 15 is 0 Å². The molecule has 3 rings (SSSR count). The lowest BCUT2D eigenvalue weighted by atomic mass is 9.80. The highest BCUT2D eigenvalue weighted by Gasteiger charge is 2.42. The van der Waals surface area contributed by atoms with Gasteiger partial charge < -0.3 is 13.6 Å². The lowest BCUT2D eigenvalue weighted by Gasteiger charge is -2.41. The Kier molecular flexibility index (Phi) is 11.6. The molecule has 0 fully saturated rings. The van der Waals surface area contributed by atoms with E-state index in [1.807, 2.05) is 0 Å². The molecule has 1 atom stereocenters. The Morgan fingerprint density at radius 2 is 0.929 bits per heavy atom. The number of rotatable bonds is 14. The fraction of sp³-hybridized carbons (Fsp3) is 0.514. The summed E-state index contributed by atoms with van der Waals surface area (Å²) >= 11 is 0. The molecule has 0 aromatic heterocycles. The van der Waals surface area contributed by atoms with Crippen LogP contribution in [-0.2, 0) is 19.2 Å². The summed E-state index contributed by atoms with van der Waals surface area (Å²) in [5, 5.41) is 0.347.